The van der Waals surface area contributed by atoms with Gasteiger partial charge in [-0.05, 0) is 44.2 Å². The van der Waals surface area contributed by atoms with E-state index in [2.05, 4.69) is 42.4 Å². The maximum Gasteiger partial charge on any atom is 0.0596 e. The lowest BCUT2D eigenvalue weighted by molar-refractivity contribution is 0.223. The van der Waals surface area contributed by atoms with E-state index >= 15 is 0 Å². The Morgan fingerprint density at radius 2 is 1.84 bits per heavy atom. The molecule has 0 saturated carbocycles. The minimum Gasteiger partial charge on any atom is -0.396 e. The highest BCUT2D eigenvalue weighted by atomic mass is 16.3. The maximum atomic E-state index is 9.57. The van der Waals surface area contributed by atoms with Gasteiger partial charge in [-0.15, -0.1) is 0 Å². The van der Waals surface area contributed by atoms with E-state index in [9.17, 15) is 5.11 Å². The molecule has 3 heteroatoms. The number of aliphatic hydroxyl groups excluding tert-OH is 1. The number of rotatable bonds is 5. The number of hydrogen-bond acceptors (Lipinski definition) is 2. The van der Waals surface area contributed by atoms with Crippen LogP contribution in [-0.4, -0.2) is 21.5 Å². The van der Waals surface area contributed by atoms with E-state index in [4.69, 9.17) is 0 Å². The Hall–Kier alpha value is -1.61. The molecule has 1 aromatic heterocycles. The predicted octanol–water partition coefficient (Wildman–Crippen LogP) is 2.43. The number of aliphatic hydroxyl groups is 1. The van der Waals surface area contributed by atoms with Crippen molar-refractivity contribution in [3.8, 4) is 0 Å². The summed E-state index contributed by atoms with van der Waals surface area (Å²) in [6.07, 6.45) is 1.77. The molecular weight excluding hydrogens is 236 g/mol. The van der Waals surface area contributed by atoms with Crippen LogP contribution < -0.4 is 0 Å². The van der Waals surface area contributed by atoms with Crippen molar-refractivity contribution in [3.63, 3.8) is 0 Å². The first-order chi connectivity index (χ1) is 9.08. The molecule has 1 heterocycles. The van der Waals surface area contributed by atoms with Crippen LogP contribution in [0.4, 0.5) is 0 Å². The number of benzene rings is 1. The zero-order valence-corrected chi connectivity index (χ0v) is 11.9. The van der Waals surface area contributed by atoms with E-state index in [0.717, 1.165) is 18.5 Å². The fourth-order valence-electron chi connectivity index (χ4n) is 2.41. The lowest BCUT2D eigenvalue weighted by Gasteiger charge is -2.14. The zero-order chi connectivity index (χ0) is 13.8. The molecule has 0 radical (unpaired) electrons. The van der Waals surface area contributed by atoms with Gasteiger partial charge in [-0.25, -0.2) is 0 Å². The van der Waals surface area contributed by atoms with E-state index in [1.54, 1.807) is 0 Å². The predicted molar refractivity (Wildman–Crippen MR) is 77.1 cm³/mol. The molecule has 2 aromatic rings. The maximum absolute atomic E-state index is 9.57. The van der Waals surface area contributed by atoms with Crippen molar-refractivity contribution < 1.29 is 5.11 Å². The van der Waals surface area contributed by atoms with E-state index in [-0.39, 0.29) is 12.5 Å². The topological polar surface area (TPSA) is 38.1 Å². The van der Waals surface area contributed by atoms with Gasteiger partial charge in [0, 0.05) is 19.3 Å². The fourth-order valence-corrected chi connectivity index (χ4v) is 2.41. The van der Waals surface area contributed by atoms with Gasteiger partial charge in [0.2, 0.25) is 0 Å². The smallest absolute Gasteiger partial charge is 0.0596 e. The Balaban J connectivity index is 2.04. The minimum absolute atomic E-state index is 0.206. The molecule has 0 spiro atoms. The van der Waals surface area contributed by atoms with Crippen LogP contribution >= 0.6 is 0 Å². The molecule has 1 N–H and O–H groups in total. The first-order valence-electron chi connectivity index (χ1n) is 6.74. The van der Waals surface area contributed by atoms with Gasteiger partial charge in [-0.2, -0.15) is 5.10 Å². The quantitative estimate of drug-likeness (QED) is 0.894. The van der Waals surface area contributed by atoms with Crippen LogP contribution in [0.25, 0.3) is 0 Å². The highest BCUT2D eigenvalue weighted by Gasteiger charge is 2.12. The summed E-state index contributed by atoms with van der Waals surface area (Å²) in [5, 5.41) is 13.9. The second kappa shape index (κ2) is 6.02. The SMILES string of the molecule is Cc1ccc(CC(CO)Cc2cc(C)nn2C)cc1. The average molecular weight is 258 g/mol. The monoisotopic (exact) mass is 258 g/mol. The molecule has 0 fully saturated rings. The molecular formula is C16H22N2O. The summed E-state index contributed by atoms with van der Waals surface area (Å²) < 4.78 is 1.91. The summed E-state index contributed by atoms with van der Waals surface area (Å²) in [7, 11) is 1.96. The van der Waals surface area contributed by atoms with Gasteiger partial charge in [0.25, 0.3) is 0 Å². The van der Waals surface area contributed by atoms with Crippen molar-refractivity contribution in [1.29, 1.82) is 0 Å². The Morgan fingerprint density at radius 3 is 2.37 bits per heavy atom. The molecule has 102 valence electrons. The molecule has 0 aliphatic carbocycles. The fraction of sp³-hybridized carbons (Fsp3) is 0.438. The summed E-state index contributed by atoms with van der Waals surface area (Å²) in [5.74, 6) is 0.248. The molecule has 1 atom stereocenters. The van der Waals surface area contributed by atoms with Crippen LogP contribution in [0, 0.1) is 19.8 Å². The van der Waals surface area contributed by atoms with E-state index in [1.165, 1.54) is 16.8 Å². The number of nitrogens with zero attached hydrogens (tertiary/aromatic N) is 2. The average Bonchev–Trinajstić information content (AvgIpc) is 2.69. The first kappa shape index (κ1) is 13.8. The minimum atomic E-state index is 0.206. The summed E-state index contributed by atoms with van der Waals surface area (Å²) >= 11 is 0. The van der Waals surface area contributed by atoms with Gasteiger partial charge in [-0.1, -0.05) is 29.8 Å². The van der Waals surface area contributed by atoms with E-state index < -0.39 is 0 Å². The molecule has 1 unspecified atom stereocenters. The Kier molecular flexibility index (Phi) is 4.38. The number of hydrogen-bond donors (Lipinski definition) is 1. The highest BCUT2D eigenvalue weighted by molar-refractivity contribution is 5.22. The van der Waals surface area contributed by atoms with Crippen LogP contribution in [0.2, 0.25) is 0 Å². The molecule has 0 aliphatic rings. The van der Waals surface area contributed by atoms with Gasteiger partial charge in [0.1, 0.15) is 0 Å². The third-order valence-corrected chi connectivity index (χ3v) is 3.50. The summed E-state index contributed by atoms with van der Waals surface area (Å²) in [6, 6.07) is 10.6. The van der Waals surface area contributed by atoms with Gasteiger partial charge >= 0.3 is 0 Å². The normalized spacial score (nSPS) is 12.6. The van der Waals surface area contributed by atoms with Crippen LogP contribution in [0.1, 0.15) is 22.5 Å². The third kappa shape index (κ3) is 3.67. The Labute approximate surface area is 114 Å². The van der Waals surface area contributed by atoms with Gasteiger partial charge < -0.3 is 5.11 Å². The molecule has 3 nitrogen and oxygen atoms in total. The Bertz CT molecular complexity index is 528. The van der Waals surface area contributed by atoms with Crippen molar-refractivity contribution in [2.45, 2.75) is 26.7 Å². The summed E-state index contributed by atoms with van der Waals surface area (Å²) in [4.78, 5) is 0. The lowest BCUT2D eigenvalue weighted by Crippen LogP contribution is -2.15. The molecule has 0 aliphatic heterocycles. The van der Waals surface area contributed by atoms with Crippen LogP contribution in [-0.2, 0) is 19.9 Å². The van der Waals surface area contributed by atoms with Gasteiger partial charge in [-0.3, -0.25) is 4.68 Å². The molecule has 19 heavy (non-hydrogen) atoms. The largest absolute Gasteiger partial charge is 0.396 e. The molecule has 0 bridgehead atoms. The highest BCUT2D eigenvalue weighted by Crippen LogP contribution is 2.15. The zero-order valence-electron chi connectivity index (χ0n) is 11.9. The van der Waals surface area contributed by atoms with Crippen LogP contribution in [0.15, 0.2) is 30.3 Å². The first-order valence-corrected chi connectivity index (χ1v) is 6.74. The summed E-state index contributed by atoms with van der Waals surface area (Å²) in [6.45, 7) is 4.29. The molecule has 0 amide bonds. The van der Waals surface area contributed by atoms with Crippen molar-refractivity contribution in [2.75, 3.05) is 6.61 Å². The molecule has 2 rings (SSSR count). The van der Waals surface area contributed by atoms with Gasteiger partial charge in [0.05, 0.1) is 5.69 Å². The van der Waals surface area contributed by atoms with E-state index in [0.29, 0.717) is 0 Å². The third-order valence-electron chi connectivity index (χ3n) is 3.50. The van der Waals surface area contributed by atoms with E-state index in [1.807, 2.05) is 18.7 Å². The van der Waals surface area contributed by atoms with Crippen molar-refractivity contribution >= 4 is 0 Å². The number of aromatic nitrogens is 2. The Morgan fingerprint density at radius 1 is 1.16 bits per heavy atom. The van der Waals surface area contributed by atoms with Crippen LogP contribution in [0.3, 0.4) is 0 Å². The second-order valence-corrected chi connectivity index (χ2v) is 5.34. The lowest BCUT2D eigenvalue weighted by atomic mass is 9.95. The van der Waals surface area contributed by atoms with Crippen molar-refractivity contribution in [3.05, 3.63) is 52.8 Å². The molecule has 0 saturated heterocycles. The van der Waals surface area contributed by atoms with Crippen molar-refractivity contribution in [1.82, 2.24) is 9.78 Å². The number of aryl methyl sites for hydroxylation is 3. The second-order valence-electron chi connectivity index (χ2n) is 5.34. The summed E-state index contributed by atoms with van der Waals surface area (Å²) in [5.41, 5.74) is 4.77. The standard InChI is InChI=1S/C16H22N2O/c1-12-4-6-14(7-5-12)9-15(11-19)10-16-8-13(2)17-18(16)3/h4-8,15,19H,9-11H2,1-3H3. The van der Waals surface area contributed by atoms with Gasteiger partial charge in [0.15, 0.2) is 0 Å². The molecule has 1 aromatic carbocycles. The van der Waals surface area contributed by atoms with Crippen molar-refractivity contribution in [2.24, 2.45) is 13.0 Å². The van der Waals surface area contributed by atoms with Crippen LogP contribution in [0.5, 0.6) is 0 Å².